The van der Waals surface area contributed by atoms with E-state index in [0.717, 1.165) is 29.7 Å². The van der Waals surface area contributed by atoms with Crippen LogP contribution < -0.4 is 10.2 Å². The van der Waals surface area contributed by atoms with E-state index in [1.165, 1.54) is 11.1 Å². The molecule has 0 spiro atoms. The van der Waals surface area contributed by atoms with Gasteiger partial charge in [0.05, 0.1) is 5.52 Å². The number of fused-ring (bicyclic) bond motifs is 3. The fraction of sp³-hybridized carbons (Fsp3) is 0.222. The standard InChI is InChI=1S/C18H18N2O2/c21-19-18-9-7-15-10-14-6-8-16(11-17(14)20(15)18)22-12-13-4-2-1-3-5-13/h1-6,8,10-11,18-19,21H,7,9,12H2. The van der Waals surface area contributed by atoms with Crippen molar-refractivity contribution in [3.8, 4) is 5.75 Å². The van der Waals surface area contributed by atoms with Crippen molar-refractivity contribution in [2.75, 3.05) is 0 Å². The average Bonchev–Trinajstić information content (AvgIpc) is 3.12. The molecule has 4 heteroatoms. The number of nitrogens with zero attached hydrogens (tertiary/aromatic N) is 1. The van der Waals surface area contributed by atoms with Gasteiger partial charge in [-0.25, -0.2) is 0 Å². The Labute approximate surface area is 128 Å². The van der Waals surface area contributed by atoms with Crippen molar-refractivity contribution in [2.24, 2.45) is 0 Å². The van der Waals surface area contributed by atoms with E-state index in [-0.39, 0.29) is 6.17 Å². The quantitative estimate of drug-likeness (QED) is 0.722. The van der Waals surface area contributed by atoms with E-state index in [1.54, 1.807) is 0 Å². The zero-order chi connectivity index (χ0) is 14.9. The Morgan fingerprint density at radius 2 is 2.00 bits per heavy atom. The lowest BCUT2D eigenvalue weighted by Gasteiger charge is -2.13. The van der Waals surface area contributed by atoms with Crippen LogP contribution in [0, 0.1) is 0 Å². The maximum atomic E-state index is 9.31. The molecule has 0 radical (unpaired) electrons. The number of nitrogens with one attached hydrogen (secondary N) is 1. The number of hydrogen-bond acceptors (Lipinski definition) is 3. The van der Waals surface area contributed by atoms with Gasteiger partial charge in [0.15, 0.2) is 0 Å². The molecule has 0 amide bonds. The van der Waals surface area contributed by atoms with Gasteiger partial charge in [0.25, 0.3) is 0 Å². The van der Waals surface area contributed by atoms with Crippen LogP contribution in [0.5, 0.6) is 5.75 Å². The van der Waals surface area contributed by atoms with Crippen LogP contribution >= 0.6 is 0 Å². The molecular weight excluding hydrogens is 276 g/mol. The highest BCUT2D eigenvalue weighted by molar-refractivity contribution is 5.83. The van der Waals surface area contributed by atoms with Crippen LogP contribution in [0.3, 0.4) is 0 Å². The van der Waals surface area contributed by atoms with Crippen LogP contribution in [0.25, 0.3) is 10.9 Å². The third kappa shape index (κ3) is 2.26. The molecule has 1 aliphatic heterocycles. The van der Waals surface area contributed by atoms with E-state index < -0.39 is 0 Å². The highest BCUT2D eigenvalue weighted by Crippen LogP contribution is 2.33. The van der Waals surface area contributed by atoms with Crippen LogP contribution in [-0.4, -0.2) is 9.77 Å². The van der Waals surface area contributed by atoms with Crippen molar-refractivity contribution in [1.29, 1.82) is 0 Å². The molecule has 4 nitrogen and oxygen atoms in total. The minimum Gasteiger partial charge on any atom is -0.489 e. The zero-order valence-corrected chi connectivity index (χ0v) is 12.2. The average molecular weight is 294 g/mol. The van der Waals surface area contributed by atoms with Gasteiger partial charge in [0, 0.05) is 17.1 Å². The Balaban J connectivity index is 1.63. The molecule has 0 fully saturated rings. The molecule has 2 heterocycles. The lowest BCUT2D eigenvalue weighted by Crippen LogP contribution is -2.19. The van der Waals surface area contributed by atoms with Crippen molar-refractivity contribution >= 4 is 10.9 Å². The maximum Gasteiger partial charge on any atom is 0.121 e. The lowest BCUT2D eigenvalue weighted by atomic mass is 10.2. The summed E-state index contributed by atoms with van der Waals surface area (Å²) >= 11 is 0. The SMILES string of the molecule is ONC1CCc2cc3ccc(OCc4ccccc4)cc3n21. The molecule has 3 aromatic rings. The van der Waals surface area contributed by atoms with Crippen LogP contribution in [0.1, 0.15) is 23.8 Å². The predicted molar refractivity (Wildman–Crippen MR) is 85.0 cm³/mol. The molecule has 1 aliphatic rings. The lowest BCUT2D eigenvalue weighted by molar-refractivity contribution is 0.0999. The summed E-state index contributed by atoms with van der Waals surface area (Å²) in [6, 6.07) is 18.5. The topological polar surface area (TPSA) is 46.4 Å². The van der Waals surface area contributed by atoms with E-state index >= 15 is 0 Å². The van der Waals surface area contributed by atoms with Gasteiger partial charge in [0.1, 0.15) is 18.5 Å². The van der Waals surface area contributed by atoms with Crippen LogP contribution in [0.4, 0.5) is 0 Å². The summed E-state index contributed by atoms with van der Waals surface area (Å²) in [6.07, 6.45) is 1.85. The third-order valence-corrected chi connectivity index (χ3v) is 4.28. The molecule has 4 rings (SSSR count). The number of aromatic nitrogens is 1. The molecule has 1 aromatic heterocycles. The molecular formula is C18H18N2O2. The molecule has 1 atom stereocenters. The number of hydroxylamine groups is 1. The van der Waals surface area contributed by atoms with Crippen molar-refractivity contribution in [2.45, 2.75) is 25.6 Å². The predicted octanol–water partition coefficient (Wildman–Crippen LogP) is 3.64. The number of aryl methyl sites for hydroxylation is 1. The molecule has 0 bridgehead atoms. The molecule has 2 aromatic carbocycles. The summed E-state index contributed by atoms with van der Waals surface area (Å²) in [4.78, 5) is 0. The van der Waals surface area contributed by atoms with E-state index in [4.69, 9.17) is 4.74 Å². The smallest absolute Gasteiger partial charge is 0.121 e. The highest BCUT2D eigenvalue weighted by atomic mass is 16.5. The summed E-state index contributed by atoms with van der Waals surface area (Å²) < 4.78 is 8.06. The zero-order valence-electron chi connectivity index (χ0n) is 12.2. The summed E-state index contributed by atoms with van der Waals surface area (Å²) in [5.41, 5.74) is 5.90. The number of benzene rings is 2. The van der Waals surface area contributed by atoms with Gasteiger partial charge in [-0.05, 0) is 36.6 Å². The molecule has 2 N–H and O–H groups in total. The fourth-order valence-electron chi connectivity index (χ4n) is 3.19. The van der Waals surface area contributed by atoms with Crippen LogP contribution in [0.15, 0.2) is 54.6 Å². The Hall–Kier alpha value is -2.30. The first-order valence-corrected chi connectivity index (χ1v) is 7.55. The van der Waals surface area contributed by atoms with Gasteiger partial charge in [-0.1, -0.05) is 30.3 Å². The normalized spacial score (nSPS) is 16.9. The van der Waals surface area contributed by atoms with Gasteiger partial charge >= 0.3 is 0 Å². The largest absolute Gasteiger partial charge is 0.489 e. The minimum atomic E-state index is -0.0446. The summed E-state index contributed by atoms with van der Waals surface area (Å²) in [6.45, 7) is 0.557. The van der Waals surface area contributed by atoms with E-state index in [2.05, 4.69) is 40.4 Å². The van der Waals surface area contributed by atoms with Gasteiger partial charge in [-0.15, -0.1) is 0 Å². The Bertz CT molecular complexity index is 795. The maximum absolute atomic E-state index is 9.31. The summed E-state index contributed by atoms with van der Waals surface area (Å²) in [7, 11) is 0. The number of rotatable bonds is 4. The van der Waals surface area contributed by atoms with Crippen LogP contribution in [0.2, 0.25) is 0 Å². The Kier molecular flexibility index (Phi) is 3.33. The first kappa shape index (κ1) is 13.4. The molecule has 22 heavy (non-hydrogen) atoms. The second-order valence-corrected chi connectivity index (χ2v) is 5.68. The van der Waals surface area contributed by atoms with Crippen molar-refractivity contribution < 1.29 is 9.94 Å². The molecule has 0 saturated carbocycles. The van der Waals surface area contributed by atoms with Crippen molar-refractivity contribution in [3.05, 3.63) is 65.9 Å². The molecule has 112 valence electrons. The summed E-state index contributed by atoms with van der Waals surface area (Å²) in [5.74, 6) is 0.848. The van der Waals surface area contributed by atoms with Gasteiger partial charge in [-0.3, -0.25) is 0 Å². The van der Waals surface area contributed by atoms with Gasteiger partial charge < -0.3 is 14.5 Å². The van der Waals surface area contributed by atoms with Crippen molar-refractivity contribution in [3.63, 3.8) is 0 Å². The Morgan fingerprint density at radius 1 is 1.14 bits per heavy atom. The Morgan fingerprint density at radius 3 is 2.82 bits per heavy atom. The fourth-order valence-corrected chi connectivity index (χ4v) is 3.19. The monoisotopic (exact) mass is 294 g/mol. The van der Waals surface area contributed by atoms with E-state index in [1.807, 2.05) is 24.3 Å². The van der Waals surface area contributed by atoms with Gasteiger partial charge in [-0.2, -0.15) is 5.48 Å². The van der Waals surface area contributed by atoms with Crippen molar-refractivity contribution in [1.82, 2.24) is 10.0 Å². The molecule has 0 saturated heterocycles. The summed E-state index contributed by atoms with van der Waals surface area (Å²) in [5, 5.41) is 10.5. The first-order chi connectivity index (χ1) is 10.8. The first-order valence-electron chi connectivity index (χ1n) is 7.55. The van der Waals surface area contributed by atoms with Crippen LogP contribution in [-0.2, 0) is 13.0 Å². The third-order valence-electron chi connectivity index (χ3n) is 4.28. The molecule has 1 unspecified atom stereocenters. The second kappa shape index (κ2) is 5.48. The highest BCUT2D eigenvalue weighted by Gasteiger charge is 2.23. The minimum absolute atomic E-state index is 0.0446. The van der Waals surface area contributed by atoms with Gasteiger partial charge in [0.2, 0.25) is 0 Å². The van der Waals surface area contributed by atoms with E-state index in [9.17, 15) is 5.21 Å². The number of ether oxygens (including phenoxy) is 1. The molecule has 0 aliphatic carbocycles. The number of hydrogen-bond donors (Lipinski definition) is 2. The second-order valence-electron chi connectivity index (χ2n) is 5.68. The van der Waals surface area contributed by atoms with E-state index in [0.29, 0.717) is 6.61 Å².